The molecule has 1 fully saturated rings. The third-order valence-corrected chi connectivity index (χ3v) is 5.56. The van der Waals surface area contributed by atoms with Crippen molar-refractivity contribution in [2.45, 2.75) is 32.1 Å². The number of furan rings is 1. The minimum Gasteiger partial charge on any atom is -0.456 e. The fourth-order valence-corrected chi connectivity index (χ4v) is 4.25. The summed E-state index contributed by atoms with van der Waals surface area (Å²) in [7, 11) is 0. The molecular weight excluding hydrogens is 325 g/mol. The van der Waals surface area contributed by atoms with E-state index in [4.69, 9.17) is 4.42 Å². The Balaban J connectivity index is 1.57. The number of aromatic nitrogens is 1. The maximum Gasteiger partial charge on any atom is 0.138 e. The Morgan fingerprint density at radius 2 is 1.88 bits per heavy atom. The second-order valence-corrected chi connectivity index (χ2v) is 7.33. The van der Waals surface area contributed by atoms with Gasteiger partial charge in [-0.3, -0.25) is 4.98 Å². The molecular formula is C23H20FNO. The first kappa shape index (κ1) is 15.6. The predicted octanol–water partition coefficient (Wildman–Crippen LogP) is 6.52. The summed E-state index contributed by atoms with van der Waals surface area (Å²) < 4.78 is 20.1. The smallest absolute Gasteiger partial charge is 0.138 e. The zero-order valence-electron chi connectivity index (χ0n) is 14.5. The van der Waals surface area contributed by atoms with Crippen LogP contribution in [-0.4, -0.2) is 4.98 Å². The second-order valence-electron chi connectivity index (χ2n) is 7.33. The SMILES string of the molecule is Fc1cccc2oc3ccc(-c4cc(CC5CCCC5)ccn4)cc3c12. The van der Waals surface area contributed by atoms with Crippen LogP contribution in [0.1, 0.15) is 31.2 Å². The molecule has 26 heavy (non-hydrogen) atoms. The van der Waals surface area contributed by atoms with Gasteiger partial charge in [-0.1, -0.05) is 31.7 Å². The van der Waals surface area contributed by atoms with Crippen LogP contribution in [0.15, 0.2) is 59.1 Å². The normalized spacial score (nSPS) is 15.3. The molecule has 2 aromatic heterocycles. The van der Waals surface area contributed by atoms with Crippen LogP contribution in [-0.2, 0) is 6.42 Å². The Morgan fingerprint density at radius 3 is 2.77 bits per heavy atom. The Bertz CT molecular complexity index is 1090. The van der Waals surface area contributed by atoms with Gasteiger partial charge in [0.05, 0.1) is 11.1 Å². The maximum atomic E-state index is 14.3. The molecule has 0 spiro atoms. The predicted molar refractivity (Wildman–Crippen MR) is 103 cm³/mol. The molecule has 4 aromatic rings. The number of benzene rings is 2. The number of hydrogen-bond acceptors (Lipinski definition) is 2. The van der Waals surface area contributed by atoms with Gasteiger partial charge in [0.25, 0.3) is 0 Å². The Labute approximate surface area is 151 Å². The van der Waals surface area contributed by atoms with E-state index in [0.29, 0.717) is 16.6 Å². The number of rotatable bonds is 3. The monoisotopic (exact) mass is 345 g/mol. The van der Waals surface area contributed by atoms with Gasteiger partial charge in [0.1, 0.15) is 17.0 Å². The van der Waals surface area contributed by atoms with E-state index in [-0.39, 0.29) is 5.82 Å². The number of hydrogen-bond donors (Lipinski definition) is 0. The number of pyridine rings is 1. The van der Waals surface area contributed by atoms with Crippen molar-refractivity contribution >= 4 is 21.9 Å². The molecule has 2 heterocycles. The van der Waals surface area contributed by atoms with E-state index < -0.39 is 0 Å². The van der Waals surface area contributed by atoms with Crippen molar-refractivity contribution < 1.29 is 8.81 Å². The van der Waals surface area contributed by atoms with Gasteiger partial charge in [0.15, 0.2) is 0 Å². The summed E-state index contributed by atoms with van der Waals surface area (Å²) in [6, 6.07) is 15.2. The lowest BCUT2D eigenvalue weighted by atomic mass is 9.97. The van der Waals surface area contributed by atoms with E-state index in [1.807, 2.05) is 24.4 Å². The van der Waals surface area contributed by atoms with Gasteiger partial charge in [0.2, 0.25) is 0 Å². The van der Waals surface area contributed by atoms with Crippen molar-refractivity contribution in [1.82, 2.24) is 4.98 Å². The van der Waals surface area contributed by atoms with Gasteiger partial charge in [-0.05, 0) is 60.4 Å². The van der Waals surface area contributed by atoms with E-state index in [9.17, 15) is 4.39 Å². The van der Waals surface area contributed by atoms with Crippen LogP contribution in [0.5, 0.6) is 0 Å². The molecule has 5 rings (SSSR count). The molecule has 0 saturated heterocycles. The quantitative estimate of drug-likeness (QED) is 0.422. The van der Waals surface area contributed by atoms with Crippen molar-refractivity contribution in [3.63, 3.8) is 0 Å². The highest BCUT2D eigenvalue weighted by Gasteiger charge is 2.16. The molecule has 0 atom stereocenters. The van der Waals surface area contributed by atoms with Crippen molar-refractivity contribution in [1.29, 1.82) is 0 Å². The lowest BCUT2D eigenvalue weighted by Crippen LogP contribution is -1.99. The fourth-order valence-electron chi connectivity index (χ4n) is 4.25. The number of halogens is 1. The van der Waals surface area contributed by atoms with Gasteiger partial charge in [-0.2, -0.15) is 0 Å². The molecule has 0 aliphatic heterocycles. The van der Waals surface area contributed by atoms with Gasteiger partial charge in [0, 0.05) is 17.1 Å². The standard InChI is InChI=1S/C23H20FNO/c24-19-6-3-7-22-23(19)18-14-17(8-9-21(18)26-22)20-13-16(10-11-25-20)12-15-4-1-2-5-15/h3,6-11,13-15H,1-2,4-5,12H2. The summed E-state index contributed by atoms with van der Waals surface area (Å²) in [4.78, 5) is 4.55. The zero-order valence-corrected chi connectivity index (χ0v) is 14.5. The molecule has 0 unspecified atom stereocenters. The molecule has 2 nitrogen and oxygen atoms in total. The van der Waals surface area contributed by atoms with E-state index in [1.54, 1.807) is 12.1 Å². The molecule has 0 radical (unpaired) electrons. The van der Waals surface area contributed by atoms with Gasteiger partial charge >= 0.3 is 0 Å². The van der Waals surface area contributed by atoms with Crippen LogP contribution in [0.3, 0.4) is 0 Å². The van der Waals surface area contributed by atoms with E-state index in [1.165, 1.54) is 37.3 Å². The number of fused-ring (bicyclic) bond motifs is 3. The Hall–Kier alpha value is -2.68. The number of nitrogens with zero attached hydrogens (tertiary/aromatic N) is 1. The minimum atomic E-state index is -0.249. The lowest BCUT2D eigenvalue weighted by Gasteiger charge is -2.10. The van der Waals surface area contributed by atoms with Crippen LogP contribution in [0.4, 0.5) is 4.39 Å². The van der Waals surface area contributed by atoms with E-state index >= 15 is 0 Å². The molecule has 1 saturated carbocycles. The van der Waals surface area contributed by atoms with Crippen LogP contribution >= 0.6 is 0 Å². The third-order valence-electron chi connectivity index (χ3n) is 5.56. The summed E-state index contributed by atoms with van der Waals surface area (Å²) in [5.41, 5.74) is 4.56. The first-order valence-electron chi connectivity index (χ1n) is 9.34. The molecule has 3 heteroatoms. The summed E-state index contributed by atoms with van der Waals surface area (Å²) in [5, 5.41) is 1.35. The molecule has 1 aliphatic carbocycles. The topological polar surface area (TPSA) is 26.0 Å². The van der Waals surface area contributed by atoms with Crippen LogP contribution in [0, 0.1) is 11.7 Å². The first-order valence-corrected chi connectivity index (χ1v) is 9.34. The van der Waals surface area contributed by atoms with Gasteiger partial charge in [-0.15, -0.1) is 0 Å². The van der Waals surface area contributed by atoms with Gasteiger partial charge in [-0.25, -0.2) is 4.39 Å². The highest BCUT2D eigenvalue weighted by atomic mass is 19.1. The third kappa shape index (κ3) is 2.68. The Kier molecular flexibility index (Phi) is 3.74. The largest absolute Gasteiger partial charge is 0.456 e. The maximum absolute atomic E-state index is 14.3. The molecule has 130 valence electrons. The minimum absolute atomic E-state index is 0.249. The highest BCUT2D eigenvalue weighted by Crippen LogP contribution is 2.34. The summed E-state index contributed by atoms with van der Waals surface area (Å²) >= 11 is 0. The van der Waals surface area contributed by atoms with Crippen LogP contribution in [0.25, 0.3) is 33.2 Å². The molecule has 0 amide bonds. The van der Waals surface area contributed by atoms with Crippen LogP contribution < -0.4 is 0 Å². The molecule has 2 aromatic carbocycles. The highest BCUT2D eigenvalue weighted by molar-refractivity contribution is 6.06. The van der Waals surface area contributed by atoms with E-state index in [0.717, 1.165) is 29.0 Å². The van der Waals surface area contributed by atoms with E-state index in [2.05, 4.69) is 17.1 Å². The Morgan fingerprint density at radius 1 is 1.00 bits per heavy atom. The van der Waals surface area contributed by atoms with Crippen LogP contribution in [0.2, 0.25) is 0 Å². The van der Waals surface area contributed by atoms with Crippen molar-refractivity contribution in [2.75, 3.05) is 0 Å². The summed E-state index contributed by atoms with van der Waals surface area (Å²) in [6.45, 7) is 0. The summed E-state index contributed by atoms with van der Waals surface area (Å²) in [6.07, 6.45) is 8.41. The summed E-state index contributed by atoms with van der Waals surface area (Å²) in [5.74, 6) is 0.556. The average Bonchev–Trinajstić information content (AvgIpc) is 3.29. The van der Waals surface area contributed by atoms with Crippen molar-refractivity contribution in [2.24, 2.45) is 5.92 Å². The zero-order chi connectivity index (χ0) is 17.5. The average molecular weight is 345 g/mol. The molecule has 0 bridgehead atoms. The molecule has 0 N–H and O–H groups in total. The lowest BCUT2D eigenvalue weighted by molar-refractivity contribution is 0.546. The van der Waals surface area contributed by atoms with Crippen molar-refractivity contribution in [3.05, 3.63) is 66.1 Å². The van der Waals surface area contributed by atoms with Gasteiger partial charge < -0.3 is 4.42 Å². The van der Waals surface area contributed by atoms with Crippen molar-refractivity contribution in [3.8, 4) is 11.3 Å². The fraction of sp³-hybridized carbons (Fsp3) is 0.261. The second kappa shape index (κ2) is 6.24. The molecule has 1 aliphatic rings. The first-order chi connectivity index (χ1) is 12.8.